The van der Waals surface area contributed by atoms with Gasteiger partial charge >= 0.3 is 5.97 Å². The molecular formula is C12H14FNO3. The summed E-state index contributed by atoms with van der Waals surface area (Å²) in [7, 11) is 0. The molecule has 0 aliphatic carbocycles. The molecule has 0 spiro atoms. The van der Waals surface area contributed by atoms with Crippen molar-refractivity contribution in [3.63, 3.8) is 0 Å². The summed E-state index contributed by atoms with van der Waals surface area (Å²) < 4.78 is 13.0. The van der Waals surface area contributed by atoms with Crippen molar-refractivity contribution in [3.8, 4) is 0 Å². The Bertz CT molecular complexity index is 420. The molecule has 0 heterocycles. The number of hydrogen-bond donors (Lipinski definition) is 1. The molecule has 1 aromatic carbocycles. The van der Waals surface area contributed by atoms with Crippen LogP contribution in [0.15, 0.2) is 24.3 Å². The van der Waals surface area contributed by atoms with Gasteiger partial charge in [-0.25, -0.2) is 4.39 Å². The van der Waals surface area contributed by atoms with Gasteiger partial charge in [0.2, 0.25) is 0 Å². The fourth-order valence-corrected chi connectivity index (χ4v) is 1.49. The number of rotatable bonds is 5. The smallest absolute Gasteiger partial charge is 0.323 e. The highest BCUT2D eigenvalue weighted by Crippen LogP contribution is 2.08. The number of aliphatic carboxylic acids is 1. The van der Waals surface area contributed by atoms with Crippen LogP contribution < -0.4 is 0 Å². The minimum absolute atomic E-state index is 0.166. The minimum atomic E-state index is -1.08. The first-order chi connectivity index (χ1) is 8.04. The monoisotopic (exact) mass is 239 g/mol. The molecule has 0 unspecified atom stereocenters. The summed E-state index contributed by atoms with van der Waals surface area (Å²) in [5.74, 6) is -2.06. The zero-order valence-corrected chi connectivity index (χ0v) is 9.52. The molecular weight excluding hydrogens is 225 g/mol. The van der Waals surface area contributed by atoms with E-state index in [1.807, 2.05) is 6.92 Å². The Morgan fingerprint density at radius 2 is 2.12 bits per heavy atom. The van der Waals surface area contributed by atoms with E-state index in [0.717, 1.165) is 6.07 Å². The quantitative estimate of drug-likeness (QED) is 0.851. The highest BCUT2D eigenvalue weighted by molar-refractivity contribution is 5.95. The van der Waals surface area contributed by atoms with Gasteiger partial charge in [0.15, 0.2) is 0 Å². The van der Waals surface area contributed by atoms with E-state index in [1.54, 1.807) is 0 Å². The van der Waals surface area contributed by atoms with Crippen LogP contribution in [0.25, 0.3) is 0 Å². The number of carboxylic acid groups (broad SMARTS) is 1. The fraction of sp³-hybridized carbons (Fsp3) is 0.333. The molecule has 5 heteroatoms. The molecule has 0 saturated carbocycles. The molecule has 1 N–H and O–H groups in total. The lowest BCUT2D eigenvalue weighted by Gasteiger charge is -2.19. The highest BCUT2D eigenvalue weighted by Gasteiger charge is 2.17. The van der Waals surface area contributed by atoms with E-state index in [4.69, 9.17) is 5.11 Å². The summed E-state index contributed by atoms with van der Waals surface area (Å²) in [5, 5.41) is 8.69. The summed E-state index contributed by atoms with van der Waals surface area (Å²) in [5.41, 5.74) is 0.166. The van der Waals surface area contributed by atoms with Crippen LogP contribution in [0.4, 0.5) is 4.39 Å². The largest absolute Gasteiger partial charge is 0.480 e. The second kappa shape index (κ2) is 5.98. The van der Waals surface area contributed by atoms with Gasteiger partial charge in [0.05, 0.1) is 0 Å². The Morgan fingerprint density at radius 1 is 1.41 bits per heavy atom. The topological polar surface area (TPSA) is 57.6 Å². The zero-order valence-electron chi connectivity index (χ0n) is 9.52. The van der Waals surface area contributed by atoms with Gasteiger partial charge in [0.1, 0.15) is 12.4 Å². The standard InChI is InChI=1S/C12H14FNO3/c1-2-6-14(8-11(15)16)12(17)9-4-3-5-10(13)7-9/h3-5,7H,2,6,8H2,1H3,(H,15,16). The van der Waals surface area contributed by atoms with E-state index in [0.29, 0.717) is 13.0 Å². The fourth-order valence-electron chi connectivity index (χ4n) is 1.49. The Hall–Kier alpha value is -1.91. The van der Waals surface area contributed by atoms with Crippen molar-refractivity contribution in [1.82, 2.24) is 4.90 Å². The second-order valence-corrected chi connectivity index (χ2v) is 3.63. The van der Waals surface area contributed by atoms with E-state index in [9.17, 15) is 14.0 Å². The molecule has 0 bridgehead atoms. The Balaban J connectivity index is 2.87. The molecule has 1 rings (SSSR count). The number of halogens is 1. The summed E-state index contributed by atoms with van der Waals surface area (Å²) in [6.07, 6.45) is 0.647. The number of amides is 1. The molecule has 17 heavy (non-hydrogen) atoms. The first kappa shape index (κ1) is 13.2. The minimum Gasteiger partial charge on any atom is -0.480 e. The first-order valence-corrected chi connectivity index (χ1v) is 5.31. The first-order valence-electron chi connectivity index (χ1n) is 5.31. The van der Waals surface area contributed by atoms with E-state index in [-0.39, 0.29) is 12.1 Å². The maximum Gasteiger partial charge on any atom is 0.323 e. The van der Waals surface area contributed by atoms with E-state index in [2.05, 4.69) is 0 Å². The van der Waals surface area contributed by atoms with Crippen molar-refractivity contribution in [2.75, 3.05) is 13.1 Å². The van der Waals surface area contributed by atoms with Crippen molar-refractivity contribution in [2.24, 2.45) is 0 Å². The lowest BCUT2D eigenvalue weighted by atomic mass is 10.2. The molecule has 92 valence electrons. The molecule has 1 aromatic rings. The zero-order chi connectivity index (χ0) is 12.8. The maximum atomic E-state index is 13.0. The second-order valence-electron chi connectivity index (χ2n) is 3.63. The molecule has 1 amide bonds. The predicted octanol–water partition coefficient (Wildman–Crippen LogP) is 1.76. The molecule has 0 atom stereocenters. The molecule has 0 aliphatic rings. The average molecular weight is 239 g/mol. The molecule has 0 aromatic heterocycles. The maximum absolute atomic E-state index is 13.0. The summed E-state index contributed by atoms with van der Waals surface area (Å²) >= 11 is 0. The molecule has 0 fully saturated rings. The lowest BCUT2D eigenvalue weighted by molar-refractivity contribution is -0.137. The van der Waals surface area contributed by atoms with Crippen LogP contribution in [-0.4, -0.2) is 35.0 Å². The van der Waals surface area contributed by atoms with Crippen molar-refractivity contribution < 1.29 is 19.1 Å². The van der Waals surface area contributed by atoms with Crippen LogP contribution in [0.1, 0.15) is 23.7 Å². The molecule has 0 radical (unpaired) electrons. The number of benzene rings is 1. The Kier molecular flexibility index (Phi) is 4.63. The molecule has 0 saturated heterocycles. The third-order valence-corrected chi connectivity index (χ3v) is 2.18. The summed E-state index contributed by atoms with van der Waals surface area (Å²) in [4.78, 5) is 23.7. The van der Waals surface area contributed by atoms with Crippen LogP contribution in [0.5, 0.6) is 0 Å². The van der Waals surface area contributed by atoms with Gasteiger partial charge < -0.3 is 10.0 Å². The number of carbonyl (C=O) groups excluding carboxylic acids is 1. The van der Waals surface area contributed by atoms with Crippen LogP contribution in [-0.2, 0) is 4.79 Å². The molecule has 4 nitrogen and oxygen atoms in total. The lowest BCUT2D eigenvalue weighted by Crippen LogP contribution is -2.36. The van der Waals surface area contributed by atoms with Crippen molar-refractivity contribution in [3.05, 3.63) is 35.6 Å². The van der Waals surface area contributed by atoms with Gasteiger partial charge in [-0.05, 0) is 24.6 Å². The highest BCUT2D eigenvalue weighted by atomic mass is 19.1. The van der Waals surface area contributed by atoms with Crippen LogP contribution in [0.3, 0.4) is 0 Å². The van der Waals surface area contributed by atoms with Crippen LogP contribution in [0.2, 0.25) is 0 Å². The van der Waals surface area contributed by atoms with Crippen LogP contribution in [0, 0.1) is 5.82 Å². The molecule has 0 aliphatic heterocycles. The van der Waals surface area contributed by atoms with Crippen molar-refractivity contribution >= 4 is 11.9 Å². The third-order valence-electron chi connectivity index (χ3n) is 2.18. The van der Waals surface area contributed by atoms with Gasteiger partial charge in [-0.2, -0.15) is 0 Å². The van der Waals surface area contributed by atoms with Gasteiger partial charge in [-0.1, -0.05) is 13.0 Å². The number of carbonyl (C=O) groups is 2. The Labute approximate surface area is 98.7 Å². The summed E-state index contributed by atoms with van der Waals surface area (Å²) in [6, 6.07) is 5.23. The van der Waals surface area contributed by atoms with E-state index >= 15 is 0 Å². The SMILES string of the molecule is CCCN(CC(=O)O)C(=O)c1cccc(F)c1. The van der Waals surface area contributed by atoms with E-state index < -0.39 is 17.7 Å². The van der Waals surface area contributed by atoms with Gasteiger partial charge in [-0.15, -0.1) is 0 Å². The van der Waals surface area contributed by atoms with Crippen LogP contribution >= 0.6 is 0 Å². The van der Waals surface area contributed by atoms with Gasteiger partial charge in [-0.3, -0.25) is 9.59 Å². The normalized spacial score (nSPS) is 10.0. The van der Waals surface area contributed by atoms with Crippen molar-refractivity contribution in [1.29, 1.82) is 0 Å². The van der Waals surface area contributed by atoms with Gasteiger partial charge in [0.25, 0.3) is 5.91 Å². The number of carboxylic acids is 1. The number of hydrogen-bond acceptors (Lipinski definition) is 2. The third kappa shape index (κ3) is 3.86. The summed E-state index contributed by atoms with van der Waals surface area (Å²) in [6.45, 7) is 1.80. The Morgan fingerprint density at radius 3 is 2.65 bits per heavy atom. The van der Waals surface area contributed by atoms with Crippen molar-refractivity contribution in [2.45, 2.75) is 13.3 Å². The predicted molar refractivity (Wildman–Crippen MR) is 60.2 cm³/mol. The van der Waals surface area contributed by atoms with E-state index in [1.165, 1.54) is 23.1 Å². The average Bonchev–Trinajstić information content (AvgIpc) is 2.27. The number of nitrogens with zero attached hydrogens (tertiary/aromatic N) is 1. The van der Waals surface area contributed by atoms with Gasteiger partial charge in [0, 0.05) is 12.1 Å².